The Morgan fingerprint density at radius 1 is 1.34 bits per heavy atom. The lowest BCUT2D eigenvalue weighted by Gasteiger charge is -2.36. The van der Waals surface area contributed by atoms with E-state index in [2.05, 4.69) is 20.3 Å². The molecule has 0 unspecified atom stereocenters. The summed E-state index contributed by atoms with van der Waals surface area (Å²) in [4.78, 5) is 11.3. The van der Waals surface area contributed by atoms with E-state index in [0.717, 1.165) is 10.9 Å². The normalized spacial score (nSPS) is 21.5. The summed E-state index contributed by atoms with van der Waals surface area (Å²) < 4.78 is 15.5. The third kappa shape index (κ3) is 3.39. The highest BCUT2D eigenvalue weighted by atomic mass is 35.5. The highest BCUT2D eigenvalue weighted by molar-refractivity contribution is 6.38. The molecule has 1 saturated carbocycles. The average Bonchev–Trinajstić information content (AvgIpc) is 3.37. The van der Waals surface area contributed by atoms with Crippen LogP contribution < -0.4 is 10.6 Å². The molecule has 0 radical (unpaired) electrons. The maximum Gasteiger partial charge on any atom is 0.177 e. The fourth-order valence-corrected chi connectivity index (χ4v) is 4.77. The number of hydrogen-bond donors (Lipinski definition) is 3. The van der Waals surface area contributed by atoms with Gasteiger partial charge in [-0.05, 0) is 31.4 Å². The predicted octanol–water partition coefficient (Wildman–Crippen LogP) is 2.71. The van der Waals surface area contributed by atoms with Gasteiger partial charge in [0.2, 0.25) is 0 Å². The maximum absolute atomic E-state index is 13.8. The molecule has 4 N–H and O–H groups in total. The van der Waals surface area contributed by atoms with Crippen molar-refractivity contribution in [2.45, 2.75) is 44.1 Å². The molecule has 168 valence electrons. The molecule has 5 rings (SSSR count). The predicted molar refractivity (Wildman–Crippen MR) is 121 cm³/mol. The smallest absolute Gasteiger partial charge is 0.177 e. The largest absolute Gasteiger partial charge is 0.390 e. The number of hydrogen-bond acceptors (Lipinski definition) is 7. The zero-order chi connectivity index (χ0) is 22.6. The number of aryl methyl sites for hydroxylation is 1. The van der Waals surface area contributed by atoms with Crippen molar-refractivity contribution in [3.05, 3.63) is 29.0 Å². The molecule has 1 aliphatic rings. The highest BCUT2D eigenvalue weighted by Gasteiger charge is 2.32. The minimum Gasteiger partial charge on any atom is -0.390 e. The summed E-state index contributed by atoms with van der Waals surface area (Å²) in [6, 6.07) is 3.24. The van der Waals surface area contributed by atoms with E-state index < -0.39 is 12.2 Å². The van der Waals surface area contributed by atoms with E-state index in [9.17, 15) is 9.50 Å². The van der Waals surface area contributed by atoms with Gasteiger partial charge in [0.15, 0.2) is 11.5 Å². The van der Waals surface area contributed by atoms with E-state index in [1.807, 2.05) is 37.3 Å². The van der Waals surface area contributed by atoms with E-state index in [-0.39, 0.29) is 12.6 Å². The summed E-state index contributed by atoms with van der Waals surface area (Å²) in [5.41, 5.74) is 9.38. The second-order valence-corrected chi connectivity index (χ2v) is 8.72. The summed E-state index contributed by atoms with van der Waals surface area (Å²) in [6.07, 6.45) is 2.44. The topological polar surface area (TPSA) is 122 Å². The molecular formula is C21H24ClFN8O. The summed E-state index contributed by atoms with van der Waals surface area (Å²) in [6.45, 7) is -0.298. The van der Waals surface area contributed by atoms with Gasteiger partial charge in [0.1, 0.15) is 23.1 Å². The first kappa shape index (κ1) is 21.0. The Balaban J connectivity index is 1.57. The zero-order valence-electron chi connectivity index (χ0n) is 17.8. The number of aromatic amines is 1. The molecule has 0 bridgehead atoms. The number of nitrogens with zero attached hydrogens (tertiary/aromatic N) is 6. The first-order valence-electron chi connectivity index (χ1n) is 10.5. The number of aromatic nitrogens is 6. The molecule has 32 heavy (non-hydrogen) atoms. The van der Waals surface area contributed by atoms with Crippen LogP contribution >= 0.6 is 11.6 Å². The second kappa shape index (κ2) is 7.95. The van der Waals surface area contributed by atoms with Gasteiger partial charge in [-0.1, -0.05) is 11.6 Å². The molecule has 3 atom stereocenters. The van der Waals surface area contributed by atoms with Crippen LogP contribution in [0.5, 0.6) is 0 Å². The fourth-order valence-electron chi connectivity index (χ4n) is 4.47. The summed E-state index contributed by atoms with van der Waals surface area (Å²) in [5, 5.41) is 23.1. The number of fused-ring (bicyclic) bond motifs is 2. The van der Waals surface area contributed by atoms with Crippen molar-refractivity contribution in [3.8, 4) is 11.3 Å². The van der Waals surface area contributed by atoms with Crippen molar-refractivity contribution in [1.82, 2.24) is 29.9 Å². The molecule has 0 amide bonds. The van der Waals surface area contributed by atoms with E-state index in [1.54, 1.807) is 4.68 Å². The van der Waals surface area contributed by atoms with Crippen molar-refractivity contribution in [2.24, 2.45) is 12.8 Å². The molecule has 0 spiro atoms. The van der Waals surface area contributed by atoms with E-state index in [1.165, 1.54) is 0 Å². The molecular weight excluding hydrogens is 435 g/mol. The van der Waals surface area contributed by atoms with Crippen molar-refractivity contribution in [1.29, 1.82) is 0 Å². The van der Waals surface area contributed by atoms with Crippen molar-refractivity contribution >= 4 is 39.5 Å². The van der Waals surface area contributed by atoms with Gasteiger partial charge in [0.25, 0.3) is 0 Å². The minimum absolute atomic E-state index is 0.0128. The third-order valence-electron chi connectivity index (χ3n) is 6.25. The lowest BCUT2D eigenvalue weighted by molar-refractivity contribution is 0.201. The van der Waals surface area contributed by atoms with Crippen LogP contribution in [0.2, 0.25) is 5.02 Å². The van der Waals surface area contributed by atoms with Gasteiger partial charge < -0.3 is 15.7 Å². The average molecular weight is 459 g/mol. The number of rotatable bonds is 4. The number of benzene rings is 1. The number of nitrogens with one attached hydrogen (secondary N) is 1. The minimum atomic E-state index is -0.984. The number of H-pyrrole nitrogens is 1. The van der Waals surface area contributed by atoms with Gasteiger partial charge in [-0.15, -0.1) is 0 Å². The standard InChI is InChI=1S/C21H24ClFN8O/c1-30-8-12-15(29-30)6-4-11(17(12)22)18-19-20(28-27-18)26-21(16(9-32)25-19)31(2)10-3-5-13(23)14(24)7-10/h4,6,8,10,13-14,32H,3,5,7,9,24H2,1-2H3,(H,26,27,28)/t10-,13-,14+/m1/s1. The van der Waals surface area contributed by atoms with Crippen LogP contribution in [0.15, 0.2) is 18.3 Å². The van der Waals surface area contributed by atoms with Gasteiger partial charge in [0, 0.05) is 43.3 Å². The monoisotopic (exact) mass is 458 g/mol. The van der Waals surface area contributed by atoms with Crippen LogP contribution in [0, 0.1) is 0 Å². The molecule has 9 nitrogen and oxygen atoms in total. The molecule has 11 heteroatoms. The number of nitrogens with two attached hydrogens (primary N) is 1. The maximum atomic E-state index is 13.8. The summed E-state index contributed by atoms with van der Waals surface area (Å²) in [5.74, 6) is 0.526. The Kier molecular flexibility index (Phi) is 5.23. The fraction of sp³-hybridized carbons (Fsp3) is 0.429. The van der Waals surface area contributed by atoms with Gasteiger partial charge in [-0.3, -0.25) is 9.78 Å². The van der Waals surface area contributed by atoms with Gasteiger partial charge >= 0.3 is 0 Å². The van der Waals surface area contributed by atoms with Crippen LogP contribution in [0.25, 0.3) is 33.3 Å². The van der Waals surface area contributed by atoms with Crippen LogP contribution in [0.3, 0.4) is 0 Å². The van der Waals surface area contributed by atoms with Gasteiger partial charge in [-0.25, -0.2) is 14.4 Å². The quantitative estimate of drug-likeness (QED) is 0.429. The van der Waals surface area contributed by atoms with Crippen LogP contribution in [0.4, 0.5) is 10.2 Å². The highest BCUT2D eigenvalue weighted by Crippen LogP contribution is 2.36. The third-order valence-corrected chi connectivity index (χ3v) is 6.66. The lowest BCUT2D eigenvalue weighted by atomic mass is 9.89. The second-order valence-electron chi connectivity index (χ2n) is 8.34. The Morgan fingerprint density at radius 2 is 2.16 bits per heavy atom. The van der Waals surface area contributed by atoms with Crippen molar-refractivity contribution in [3.63, 3.8) is 0 Å². The first-order valence-corrected chi connectivity index (χ1v) is 10.9. The first-order chi connectivity index (χ1) is 15.4. The van der Waals surface area contributed by atoms with Crippen molar-refractivity contribution < 1.29 is 9.50 Å². The Bertz CT molecular complexity index is 1300. The number of aliphatic hydroxyl groups excluding tert-OH is 1. The molecule has 3 heterocycles. The van der Waals surface area contributed by atoms with Crippen LogP contribution in [0.1, 0.15) is 25.0 Å². The van der Waals surface area contributed by atoms with E-state index >= 15 is 0 Å². The number of halogens is 2. The Labute approximate surface area is 188 Å². The zero-order valence-corrected chi connectivity index (χ0v) is 18.5. The van der Waals surface area contributed by atoms with E-state index in [0.29, 0.717) is 58.2 Å². The SMILES string of the molecule is CN(c1nc2[nH]nc(-c3ccc4nn(C)cc4c3Cl)c2nc1CO)[C@@H]1CC[C@@H](F)[C@@H](N)C1. The van der Waals surface area contributed by atoms with E-state index in [4.69, 9.17) is 22.3 Å². The number of alkyl halides is 1. The van der Waals surface area contributed by atoms with Crippen LogP contribution in [-0.2, 0) is 13.7 Å². The van der Waals surface area contributed by atoms with Crippen LogP contribution in [-0.4, -0.2) is 60.4 Å². The van der Waals surface area contributed by atoms with Gasteiger partial charge in [0.05, 0.1) is 17.1 Å². The summed E-state index contributed by atoms with van der Waals surface area (Å²) in [7, 11) is 3.71. The Hall–Kier alpha value is -2.82. The molecule has 3 aromatic heterocycles. The lowest BCUT2D eigenvalue weighted by Crippen LogP contribution is -2.46. The summed E-state index contributed by atoms with van der Waals surface area (Å²) >= 11 is 6.67. The number of aliphatic hydroxyl groups is 1. The molecule has 1 aromatic carbocycles. The van der Waals surface area contributed by atoms with Crippen molar-refractivity contribution in [2.75, 3.05) is 11.9 Å². The molecule has 0 saturated heterocycles. The number of anilines is 1. The van der Waals surface area contributed by atoms with Gasteiger partial charge in [-0.2, -0.15) is 10.2 Å². The molecule has 0 aliphatic heterocycles. The Morgan fingerprint density at radius 3 is 2.91 bits per heavy atom. The molecule has 1 fully saturated rings. The molecule has 4 aromatic rings. The molecule has 1 aliphatic carbocycles.